The Morgan fingerprint density at radius 1 is 1.03 bits per heavy atom. The molecule has 0 amide bonds. The minimum atomic E-state index is -0.252. The quantitative estimate of drug-likeness (QED) is 0.353. The van der Waals surface area contributed by atoms with Crippen molar-refractivity contribution in [3.05, 3.63) is 90.2 Å². The van der Waals surface area contributed by atoms with Gasteiger partial charge in [-0.2, -0.15) is 0 Å². The van der Waals surface area contributed by atoms with Gasteiger partial charge in [0, 0.05) is 30.4 Å². The van der Waals surface area contributed by atoms with Crippen molar-refractivity contribution in [1.29, 1.82) is 0 Å². The lowest BCUT2D eigenvalue weighted by molar-refractivity contribution is 0.396. The van der Waals surface area contributed by atoms with Gasteiger partial charge in [0.25, 0.3) is 0 Å². The van der Waals surface area contributed by atoms with Gasteiger partial charge in [0.1, 0.15) is 23.0 Å². The van der Waals surface area contributed by atoms with E-state index in [4.69, 9.17) is 14.8 Å². The maximum absolute atomic E-state index is 15.1. The van der Waals surface area contributed by atoms with Crippen molar-refractivity contribution in [2.45, 2.75) is 32.2 Å². The second kappa shape index (κ2) is 8.99. The van der Waals surface area contributed by atoms with Gasteiger partial charge in [0.2, 0.25) is 5.88 Å². The summed E-state index contributed by atoms with van der Waals surface area (Å²) in [5.74, 6) is 1.22. The number of halogens is 1. The van der Waals surface area contributed by atoms with E-state index >= 15 is 4.39 Å². The highest BCUT2D eigenvalue weighted by Gasteiger charge is 2.29. The Hall–Kier alpha value is -4.40. The molecule has 0 fully saturated rings. The summed E-state index contributed by atoms with van der Waals surface area (Å²) < 4.78 is 24.4. The fourth-order valence-corrected chi connectivity index (χ4v) is 4.71. The Balaban J connectivity index is 1.38. The molecule has 1 aliphatic heterocycles. The third kappa shape index (κ3) is 3.92. The lowest BCUT2D eigenvalue weighted by Gasteiger charge is -2.23. The first-order valence-electron chi connectivity index (χ1n) is 11.8. The average Bonchev–Trinajstić information content (AvgIpc) is 3.55. The molecule has 0 N–H and O–H groups in total. The van der Waals surface area contributed by atoms with Gasteiger partial charge in [-0.1, -0.05) is 6.07 Å². The molecular weight excluding hydrogens is 457 g/mol. The van der Waals surface area contributed by atoms with Crippen LogP contribution in [-0.2, 0) is 6.54 Å². The van der Waals surface area contributed by atoms with E-state index in [1.807, 2.05) is 58.8 Å². The second-order valence-corrected chi connectivity index (χ2v) is 8.81. The van der Waals surface area contributed by atoms with Crippen molar-refractivity contribution in [2.24, 2.45) is 0 Å². The predicted octanol–water partition coefficient (Wildman–Crippen LogP) is 4.97. The van der Waals surface area contributed by atoms with Crippen LogP contribution < -0.4 is 4.74 Å². The van der Waals surface area contributed by atoms with E-state index in [1.54, 1.807) is 25.7 Å². The van der Waals surface area contributed by atoms with Crippen LogP contribution in [0, 0.1) is 12.7 Å². The van der Waals surface area contributed by atoms with Crippen LogP contribution in [0.3, 0.4) is 0 Å². The summed E-state index contributed by atoms with van der Waals surface area (Å²) in [6, 6.07) is 14.7. The zero-order valence-corrected chi connectivity index (χ0v) is 20.0. The molecule has 0 saturated heterocycles. The standard InChI is InChI=1S/C27H24FN7O/c1-17-15-34(16-30-17)24-11-10-23(31-27(24)36-2)25-32-26-19(6-5-13-35(26)33-25)20-14-18(8-9-21(20)28)22-7-3-4-12-29-22/h3-4,7-12,14-16,19H,5-6,13H2,1-2H3/t19-/m0/s1. The van der Waals surface area contributed by atoms with Gasteiger partial charge < -0.3 is 9.30 Å². The van der Waals surface area contributed by atoms with Crippen LogP contribution >= 0.6 is 0 Å². The summed E-state index contributed by atoms with van der Waals surface area (Å²) in [5.41, 5.74) is 4.55. The average molecular weight is 482 g/mol. The van der Waals surface area contributed by atoms with Gasteiger partial charge in [-0.25, -0.2) is 24.0 Å². The topological polar surface area (TPSA) is 83.5 Å². The fraction of sp³-hybridized carbons (Fsp3) is 0.222. The first kappa shape index (κ1) is 22.1. The second-order valence-electron chi connectivity index (χ2n) is 8.81. The molecule has 4 aromatic heterocycles. The van der Waals surface area contributed by atoms with E-state index in [9.17, 15) is 0 Å². The number of hydrogen-bond donors (Lipinski definition) is 0. The van der Waals surface area contributed by atoms with E-state index in [2.05, 4.69) is 15.0 Å². The predicted molar refractivity (Wildman–Crippen MR) is 132 cm³/mol. The van der Waals surface area contributed by atoms with Crippen LogP contribution in [-0.4, -0.2) is 41.4 Å². The molecule has 5 aromatic rings. The van der Waals surface area contributed by atoms with E-state index < -0.39 is 0 Å². The molecule has 9 heteroatoms. The lowest BCUT2D eigenvalue weighted by Crippen LogP contribution is -2.19. The molecule has 0 radical (unpaired) electrons. The SMILES string of the molecule is COc1nc(-c2nc3n(n2)CCC[C@H]3c2cc(-c3ccccn3)ccc2F)ccc1-n1cnc(C)c1. The largest absolute Gasteiger partial charge is 0.479 e. The Bertz CT molecular complexity index is 1540. The van der Waals surface area contributed by atoms with Crippen molar-refractivity contribution in [2.75, 3.05) is 7.11 Å². The Kier molecular flexibility index (Phi) is 5.52. The van der Waals surface area contributed by atoms with Crippen molar-refractivity contribution < 1.29 is 9.13 Å². The first-order chi connectivity index (χ1) is 17.6. The highest BCUT2D eigenvalue weighted by molar-refractivity contribution is 5.61. The number of fused-ring (bicyclic) bond motifs is 1. The Morgan fingerprint density at radius 2 is 1.94 bits per heavy atom. The number of pyridine rings is 2. The van der Waals surface area contributed by atoms with Crippen LogP contribution in [0.5, 0.6) is 5.88 Å². The first-order valence-corrected chi connectivity index (χ1v) is 11.8. The van der Waals surface area contributed by atoms with Gasteiger partial charge in [-0.15, -0.1) is 5.10 Å². The summed E-state index contributed by atoms with van der Waals surface area (Å²) in [5, 5.41) is 4.72. The highest BCUT2D eigenvalue weighted by Crippen LogP contribution is 2.36. The molecule has 8 nitrogen and oxygen atoms in total. The Labute approximate surface area is 207 Å². The molecule has 0 bridgehead atoms. The fourth-order valence-electron chi connectivity index (χ4n) is 4.71. The van der Waals surface area contributed by atoms with Gasteiger partial charge >= 0.3 is 0 Å². The number of hydrogen-bond acceptors (Lipinski definition) is 6. The molecule has 0 saturated carbocycles. The van der Waals surface area contributed by atoms with Crippen LogP contribution in [0.25, 0.3) is 28.5 Å². The van der Waals surface area contributed by atoms with E-state index in [1.165, 1.54) is 6.07 Å². The third-order valence-corrected chi connectivity index (χ3v) is 6.46. The van der Waals surface area contributed by atoms with E-state index in [0.717, 1.165) is 47.8 Å². The van der Waals surface area contributed by atoms with E-state index in [-0.39, 0.29) is 11.7 Å². The number of benzene rings is 1. The molecule has 6 rings (SSSR count). The molecule has 5 heterocycles. The van der Waals surface area contributed by atoms with Crippen molar-refractivity contribution in [3.63, 3.8) is 0 Å². The number of methoxy groups -OCH3 is 1. The van der Waals surface area contributed by atoms with Gasteiger partial charge in [-0.05, 0) is 67.8 Å². The smallest absolute Gasteiger partial charge is 0.238 e. The molecule has 0 unspecified atom stereocenters. The number of aromatic nitrogens is 7. The number of ether oxygens (including phenoxy) is 1. The van der Waals surface area contributed by atoms with Gasteiger partial charge in [0.05, 0.1) is 24.8 Å². The Morgan fingerprint density at radius 3 is 2.72 bits per heavy atom. The number of imidazole rings is 1. The lowest BCUT2D eigenvalue weighted by atomic mass is 9.89. The molecule has 0 spiro atoms. The molecule has 1 aliphatic rings. The number of nitrogens with zero attached hydrogens (tertiary/aromatic N) is 7. The van der Waals surface area contributed by atoms with Crippen LogP contribution in [0.4, 0.5) is 4.39 Å². The van der Waals surface area contributed by atoms with Crippen LogP contribution in [0.2, 0.25) is 0 Å². The summed E-state index contributed by atoms with van der Waals surface area (Å²) in [7, 11) is 1.58. The summed E-state index contributed by atoms with van der Waals surface area (Å²) >= 11 is 0. The minimum absolute atomic E-state index is 0.209. The maximum atomic E-state index is 15.1. The normalized spacial score (nSPS) is 15.0. The molecule has 0 aliphatic carbocycles. The molecular formula is C27H24FN7O. The molecule has 1 atom stereocenters. The van der Waals surface area contributed by atoms with Crippen molar-refractivity contribution in [3.8, 4) is 34.3 Å². The zero-order chi connectivity index (χ0) is 24.6. The monoisotopic (exact) mass is 481 g/mol. The van der Waals surface area contributed by atoms with Crippen LogP contribution in [0.1, 0.15) is 35.8 Å². The third-order valence-electron chi connectivity index (χ3n) is 6.46. The minimum Gasteiger partial charge on any atom is -0.479 e. The number of rotatable bonds is 5. The summed E-state index contributed by atoms with van der Waals surface area (Å²) in [4.78, 5) is 18.2. The van der Waals surface area contributed by atoms with Crippen molar-refractivity contribution >= 4 is 0 Å². The molecule has 1 aromatic carbocycles. The molecule has 36 heavy (non-hydrogen) atoms. The number of aryl methyl sites for hydroxylation is 2. The van der Waals surface area contributed by atoms with Crippen molar-refractivity contribution in [1.82, 2.24) is 34.3 Å². The van der Waals surface area contributed by atoms with Gasteiger partial charge in [0.15, 0.2) is 5.82 Å². The highest BCUT2D eigenvalue weighted by atomic mass is 19.1. The molecule has 180 valence electrons. The van der Waals surface area contributed by atoms with E-state index in [0.29, 0.717) is 23.0 Å². The van der Waals surface area contributed by atoms with Gasteiger partial charge in [-0.3, -0.25) is 4.98 Å². The van der Waals surface area contributed by atoms with Crippen LogP contribution in [0.15, 0.2) is 67.3 Å². The zero-order valence-electron chi connectivity index (χ0n) is 20.0. The maximum Gasteiger partial charge on any atom is 0.238 e. The summed E-state index contributed by atoms with van der Waals surface area (Å²) in [6.45, 7) is 2.65. The summed E-state index contributed by atoms with van der Waals surface area (Å²) in [6.07, 6.45) is 7.04.